The zero-order valence-electron chi connectivity index (χ0n) is 11.5. The van der Waals surface area contributed by atoms with E-state index in [0.717, 1.165) is 19.4 Å². The fourth-order valence-corrected chi connectivity index (χ4v) is 2.49. The van der Waals surface area contributed by atoms with E-state index in [9.17, 15) is 10.1 Å². The molecule has 0 aromatic carbocycles. The third kappa shape index (κ3) is 6.18. The van der Waals surface area contributed by atoms with Gasteiger partial charge in [-0.05, 0) is 27.3 Å². The van der Waals surface area contributed by atoms with Crippen molar-refractivity contribution in [3.63, 3.8) is 0 Å². The first-order valence-corrected chi connectivity index (χ1v) is 7.81. The molecule has 0 saturated carbocycles. The van der Waals surface area contributed by atoms with Crippen LogP contribution in [-0.4, -0.2) is 14.7 Å². The predicted octanol–water partition coefficient (Wildman–Crippen LogP) is 4.69. The Morgan fingerprint density at radius 2 is 1.79 bits per heavy atom. The summed E-state index contributed by atoms with van der Waals surface area (Å²) in [5, 5.41) is 14.6. The van der Waals surface area contributed by atoms with Crippen LogP contribution >= 0.6 is 15.9 Å². The number of halogens is 1. The van der Waals surface area contributed by atoms with Gasteiger partial charge in [0.15, 0.2) is 0 Å². The van der Waals surface area contributed by atoms with E-state index in [1.165, 1.54) is 38.5 Å². The van der Waals surface area contributed by atoms with Crippen LogP contribution in [0.2, 0.25) is 0 Å². The van der Waals surface area contributed by atoms with Gasteiger partial charge in [0.05, 0.1) is 17.8 Å². The van der Waals surface area contributed by atoms with E-state index in [2.05, 4.69) is 28.0 Å². The molecule has 0 aliphatic heterocycles. The summed E-state index contributed by atoms with van der Waals surface area (Å²) < 4.78 is 2.11. The molecule has 0 spiro atoms. The van der Waals surface area contributed by atoms with Crippen LogP contribution in [0.3, 0.4) is 0 Å². The van der Waals surface area contributed by atoms with Gasteiger partial charge in [0, 0.05) is 0 Å². The summed E-state index contributed by atoms with van der Waals surface area (Å²) in [5.74, 6) is -0.0976. The molecule has 5 nitrogen and oxygen atoms in total. The Morgan fingerprint density at radius 3 is 2.32 bits per heavy atom. The maximum Gasteiger partial charge on any atom is 0.404 e. The number of aromatic nitrogens is 2. The Balaban J connectivity index is 2.12. The topological polar surface area (TPSA) is 61.0 Å². The molecule has 19 heavy (non-hydrogen) atoms. The van der Waals surface area contributed by atoms with Crippen molar-refractivity contribution in [1.82, 2.24) is 9.78 Å². The van der Waals surface area contributed by atoms with Crippen molar-refractivity contribution in [2.45, 2.75) is 64.8 Å². The van der Waals surface area contributed by atoms with Gasteiger partial charge in [-0.1, -0.05) is 51.9 Å². The van der Waals surface area contributed by atoms with Gasteiger partial charge in [0.1, 0.15) is 4.47 Å². The molecular weight excluding hydrogens is 310 g/mol. The first-order valence-electron chi connectivity index (χ1n) is 7.02. The number of nitrogens with zero attached hydrogens (tertiary/aromatic N) is 3. The van der Waals surface area contributed by atoms with Crippen molar-refractivity contribution in [2.75, 3.05) is 0 Å². The number of unbranched alkanes of at least 4 members (excludes halogenated alkanes) is 7. The van der Waals surface area contributed by atoms with Gasteiger partial charge in [-0.15, -0.1) is 0 Å². The molecule has 0 fully saturated rings. The first kappa shape index (κ1) is 16.1. The zero-order valence-corrected chi connectivity index (χ0v) is 13.1. The second-order valence-electron chi connectivity index (χ2n) is 4.80. The highest BCUT2D eigenvalue weighted by molar-refractivity contribution is 9.10. The normalized spacial score (nSPS) is 10.8. The molecule has 0 saturated heterocycles. The molecule has 1 heterocycles. The van der Waals surface area contributed by atoms with Gasteiger partial charge >= 0.3 is 5.82 Å². The summed E-state index contributed by atoms with van der Waals surface area (Å²) in [5.41, 5.74) is 0. The third-order valence-electron chi connectivity index (χ3n) is 3.11. The van der Waals surface area contributed by atoms with E-state index in [4.69, 9.17) is 0 Å². The first-order chi connectivity index (χ1) is 9.15. The maximum atomic E-state index is 10.6. The largest absolute Gasteiger partial charge is 0.404 e. The standard InChI is InChI=1S/C13H22BrN3O2/c1-2-3-4-5-6-7-8-9-10-16-11-12(14)13(15-16)17(18)19/h11H,2-10H2,1H3. The van der Waals surface area contributed by atoms with Crippen molar-refractivity contribution >= 4 is 21.7 Å². The average molecular weight is 332 g/mol. The number of hydrogen-bond donors (Lipinski definition) is 0. The minimum atomic E-state index is -0.464. The van der Waals surface area contributed by atoms with Crippen molar-refractivity contribution < 1.29 is 4.92 Å². The smallest absolute Gasteiger partial charge is 0.358 e. The number of rotatable bonds is 10. The molecule has 1 rings (SSSR count). The van der Waals surface area contributed by atoms with Crippen LogP contribution in [0.1, 0.15) is 58.3 Å². The Bertz CT molecular complexity index is 393. The molecule has 1 aromatic rings. The molecule has 6 heteroatoms. The van der Waals surface area contributed by atoms with E-state index >= 15 is 0 Å². The molecule has 0 N–H and O–H groups in total. The highest BCUT2D eigenvalue weighted by atomic mass is 79.9. The van der Waals surface area contributed by atoms with Crippen LogP contribution in [0.5, 0.6) is 0 Å². The lowest BCUT2D eigenvalue weighted by Crippen LogP contribution is -1.99. The molecule has 0 unspecified atom stereocenters. The third-order valence-corrected chi connectivity index (χ3v) is 3.67. The fraction of sp³-hybridized carbons (Fsp3) is 0.769. The number of nitro groups is 1. The molecule has 0 bridgehead atoms. The van der Waals surface area contributed by atoms with Gasteiger partial charge in [-0.3, -0.25) is 0 Å². The van der Waals surface area contributed by atoms with Crippen LogP contribution < -0.4 is 0 Å². The molecule has 0 aliphatic rings. The Kier molecular flexibility index (Phi) is 7.70. The predicted molar refractivity (Wildman–Crippen MR) is 79.2 cm³/mol. The lowest BCUT2D eigenvalue weighted by Gasteiger charge is -2.00. The van der Waals surface area contributed by atoms with Crippen molar-refractivity contribution in [3.05, 3.63) is 20.8 Å². The number of hydrogen-bond acceptors (Lipinski definition) is 3. The SMILES string of the molecule is CCCCCCCCCCn1cc(Br)c([N+](=O)[O-])n1. The van der Waals surface area contributed by atoms with Gasteiger partial charge < -0.3 is 10.1 Å². The van der Waals surface area contributed by atoms with E-state index in [0.29, 0.717) is 4.47 Å². The molecule has 0 amide bonds. The van der Waals surface area contributed by atoms with Crippen molar-refractivity contribution in [1.29, 1.82) is 0 Å². The van der Waals surface area contributed by atoms with Crippen molar-refractivity contribution in [3.8, 4) is 0 Å². The van der Waals surface area contributed by atoms with Crippen LogP contribution in [0, 0.1) is 10.1 Å². The molecule has 0 radical (unpaired) electrons. The molecule has 0 aliphatic carbocycles. The van der Waals surface area contributed by atoms with Crippen molar-refractivity contribution in [2.24, 2.45) is 0 Å². The molecule has 1 aromatic heterocycles. The Hall–Kier alpha value is -0.910. The van der Waals surface area contributed by atoms with E-state index in [1.54, 1.807) is 10.9 Å². The minimum absolute atomic E-state index is 0.0976. The van der Waals surface area contributed by atoms with Crippen LogP contribution in [0.4, 0.5) is 5.82 Å². The lowest BCUT2D eigenvalue weighted by atomic mass is 10.1. The van der Waals surface area contributed by atoms with E-state index in [1.807, 2.05) is 0 Å². The monoisotopic (exact) mass is 331 g/mol. The summed E-state index contributed by atoms with van der Waals surface area (Å²) in [6, 6.07) is 0. The van der Waals surface area contributed by atoms with Crippen LogP contribution in [0.25, 0.3) is 0 Å². The van der Waals surface area contributed by atoms with E-state index < -0.39 is 4.92 Å². The fourth-order valence-electron chi connectivity index (χ4n) is 2.03. The van der Waals surface area contributed by atoms with Crippen LogP contribution in [0.15, 0.2) is 10.7 Å². The quantitative estimate of drug-likeness (QED) is 0.355. The summed E-state index contributed by atoms with van der Waals surface area (Å²) in [7, 11) is 0. The zero-order chi connectivity index (χ0) is 14.1. The lowest BCUT2D eigenvalue weighted by molar-refractivity contribution is -0.390. The number of aryl methyl sites for hydroxylation is 1. The average Bonchev–Trinajstić information content (AvgIpc) is 2.74. The maximum absolute atomic E-state index is 10.6. The molecular formula is C13H22BrN3O2. The minimum Gasteiger partial charge on any atom is -0.358 e. The molecule has 108 valence electrons. The Labute approximate surface area is 122 Å². The molecule has 0 atom stereocenters. The summed E-state index contributed by atoms with van der Waals surface area (Å²) >= 11 is 3.15. The summed E-state index contributed by atoms with van der Waals surface area (Å²) in [6.07, 6.45) is 11.7. The van der Waals surface area contributed by atoms with Crippen LogP contribution in [-0.2, 0) is 6.54 Å². The highest BCUT2D eigenvalue weighted by Crippen LogP contribution is 2.22. The second kappa shape index (κ2) is 9.07. The summed E-state index contributed by atoms with van der Waals surface area (Å²) in [4.78, 5) is 10.2. The second-order valence-corrected chi connectivity index (χ2v) is 5.65. The highest BCUT2D eigenvalue weighted by Gasteiger charge is 2.17. The Morgan fingerprint density at radius 1 is 1.21 bits per heavy atom. The van der Waals surface area contributed by atoms with Gasteiger partial charge in [0.2, 0.25) is 0 Å². The van der Waals surface area contributed by atoms with Gasteiger partial charge in [-0.2, -0.15) is 4.68 Å². The van der Waals surface area contributed by atoms with Gasteiger partial charge in [0.25, 0.3) is 0 Å². The summed E-state index contributed by atoms with van der Waals surface area (Å²) in [6.45, 7) is 2.98. The van der Waals surface area contributed by atoms with E-state index in [-0.39, 0.29) is 5.82 Å². The van der Waals surface area contributed by atoms with Gasteiger partial charge in [-0.25, -0.2) is 0 Å².